The van der Waals surface area contributed by atoms with E-state index in [0.717, 1.165) is 23.4 Å². The van der Waals surface area contributed by atoms with Crippen LogP contribution in [-0.2, 0) is 10.0 Å². The third-order valence-corrected chi connectivity index (χ3v) is 6.76. The van der Waals surface area contributed by atoms with E-state index in [-0.39, 0.29) is 36.7 Å². The molecule has 6 nitrogen and oxygen atoms in total. The fourth-order valence-electron chi connectivity index (χ4n) is 3.06. The summed E-state index contributed by atoms with van der Waals surface area (Å²) in [6, 6.07) is 10.9. The normalized spacial score (nSPS) is 11.7. The number of nitrogens with one attached hydrogen (secondary N) is 1. The van der Waals surface area contributed by atoms with Gasteiger partial charge in [-0.25, -0.2) is 12.8 Å². The molecule has 0 spiro atoms. The summed E-state index contributed by atoms with van der Waals surface area (Å²) in [6.07, 6.45) is 0. The number of carbonyl (C=O) groups excluding carboxylic acids is 1. The van der Waals surface area contributed by atoms with Crippen LogP contribution < -0.4 is 10.1 Å². The fraction of sp³-hybridized carbons (Fsp3) is 0.409. The SMILES string of the molecule is CCN(CC)S(=O)(=O)c1ccc(F)c(C(=O)NCCOc2ccccc2C(C)C)c1. The summed E-state index contributed by atoms with van der Waals surface area (Å²) < 4.78 is 46.5. The number of hydrogen-bond acceptors (Lipinski definition) is 4. The highest BCUT2D eigenvalue weighted by atomic mass is 32.2. The Morgan fingerprint density at radius 1 is 1.13 bits per heavy atom. The minimum absolute atomic E-state index is 0.111. The van der Waals surface area contributed by atoms with E-state index >= 15 is 0 Å². The molecular weight excluding hydrogens is 407 g/mol. The van der Waals surface area contributed by atoms with Crippen molar-refractivity contribution in [1.82, 2.24) is 9.62 Å². The van der Waals surface area contributed by atoms with Gasteiger partial charge >= 0.3 is 0 Å². The smallest absolute Gasteiger partial charge is 0.254 e. The molecule has 8 heteroatoms. The molecule has 2 aromatic carbocycles. The van der Waals surface area contributed by atoms with E-state index in [9.17, 15) is 17.6 Å². The number of benzene rings is 2. The van der Waals surface area contributed by atoms with Crippen molar-refractivity contribution in [2.24, 2.45) is 0 Å². The molecular formula is C22H29FN2O4S. The van der Waals surface area contributed by atoms with Gasteiger partial charge in [-0.3, -0.25) is 4.79 Å². The van der Waals surface area contributed by atoms with Crippen LogP contribution in [0.25, 0.3) is 0 Å². The number of nitrogens with zero attached hydrogens (tertiary/aromatic N) is 1. The zero-order valence-corrected chi connectivity index (χ0v) is 18.6. The van der Waals surface area contributed by atoms with Crippen molar-refractivity contribution in [2.75, 3.05) is 26.2 Å². The molecule has 0 aliphatic heterocycles. The molecule has 0 aromatic heterocycles. The molecule has 0 saturated carbocycles. The van der Waals surface area contributed by atoms with E-state index in [4.69, 9.17) is 4.74 Å². The van der Waals surface area contributed by atoms with Crippen LogP contribution >= 0.6 is 0 Å². The summed E-state index contributed by atoms with van der Waals surface area (Å²) in [4.78, 5) is 12.3. The zero-order chi connectivity index (χ0) is 22.3. The lowest BCUT2D eigenvalue weighted by Crippen LogP contribution is -2.32. The summed E-state index contributed by atoms with van der Waals surface area (Å²) in [5.74, 6) is -0.442. The molecule has 164 valence electrons. The number of halogens is 1. The van der Waals surface area contributed by atoms with Crippen LogP contribution in [0.2, 0.25) is 0 Å². The Balaban J connectivity index is 2.06. The van der Waals surface area contributed by atoms with Gasteiger partial charge in [0.15, 0.2) is 0 Å². The third-order valence-electron chi connectivity index (χ3n) is 4.71. The van der Waals surface area contributed by atoms with Crippen molar-refractivity contribution >= 4 is 15.9 Å². The van der Waals surface area contributed by atoms with Gasteiger partial charge in [-0.15, -0.1) is 0 Å². The van der Waals surface area contributed by atoms with Gasteiger partial charge < -0.3 is 10.1 Å². The molecule has 1 N–H and O–H groups in total. The van der Waals surface area contributed by atoms with Crippen LogP contribution in [0.4, 0.5) is 4.39 Å². The molecule has 0 bridgehead atoms. The Labute approximate surface area is 178 Å². The van der Waals surface area contributed by atoms with Crippen LogP contribution in [-0.4, -0.2) is 44.9 Å². The van der Waals surface area contributed by atoms with Crippen molar-refractivity contribution in [3.63, 3.8) is 0 Å². The monoisotopic (exact) mass is 436 g/mol. The maximum atomic E-state index is 14.2. The maximum absolute atomic E-state index is 14.2. The van der Waals surface area contributed by atoms with E-state index in [1.807, 2.05) is 24.3 Å². The standard InChI is InChI=1S/C22H29FN2O4S/c1-5-25(6-2)30(27,28)17-11-12-20(23)19(15-17)22(26)24-13-14-29-21-10-8-7-9-18(21)16(3)4/h7-12,15-16H,5-6,13-14H2,1-4H3,(H,24,26). The first kappa shape index (κ1) is 23.8. The number of rotatable bonds is 10. The van der Waals surface area contributed by atoms with Gasteiger partial charge in [0.05, 0.1) is 17.0 Å². The van der Waals surface area contributed by atoms with Crippen molar-refractivity contribution < 1.29 is 22.3 Å². The Hall–Kier alpha value is -2.45. The highest BCUT2D eigenvalue weighted by Gasteiger charge is 2.24. The van der Waals surface area contributed by atoms with Gasteiger partial charge in [0.2, 0.25) is 10.0 Å². The van der Waals surface area contributed by atoms with Gasteiger partial charge in [-0.2, -0.15) is 4.31 Å². The van der Waals surface area contributed by atoms with E-state index in [1.165, 1.54) is 10.4 Å². The molecule has 0 unspecified atom stereocenters. The first-order chi connectivity index (χ1) is 14.2. The Morgan fingerprint density at radius 3 is 2.43 bits per heavy atom. The molecule has 0 aliphatic carbocycles. The number of hydrogen-bond donors (Lipinski definition) is 1. The quantitative estimate of drug-likeness (QED) is 0.575. The summed E-state index contributed by atoms with van der Waals surface area (Å²) in [7, 11) is -3.79. The number of ether oxygens (including phenoxy) is 1. The lowest BCUT2D eigenvalue weighted by Gasteiger charge is -2.19. The number of sulfonamides is 1. The highest BCUT2D eigenvalue weighted by Crippen LogP contribution is 2.25. The topological polar surface area (TPSA) is 75.7 Å². The average Bonchev–Trinajstić information content (AvgIpc) is 2.72. The molecule has 2 aromatic rings. The van der Waals surface area contributed by atoms with Gasteiger partial charge in [0.25, 0.3) is 5.91 Å². The Morgan fingerprint density at radius 2 is 1.80 bits per heavy atom. The van der Waals surface area contributed by atoms with Gasteiger partial charge in [0.1, 0.15) is 18.2 Å². The third kappa shape index (κ3) is 5.58. The van der Waals surface area contributed by atoms with Crippen molar-refractivity contribution in [2.45, 2.75) is 38.5 Å². The maximum Gasteiger partial charge on any atom is 0.254 e. The predicted molar refractivity (Wildman–Crippen MR) is 115 cm³/mol. The number of carbonyl (C=O) groups is 1. The largest absolute Gasteiger partial charge is 0.491 e. The summed E-state index contributed by atoms with van der Waals surface area (Å²) in [5.41, 5.74) is 0.745. The first-order valence-corrected chi connectivity index (χ1v) is 11.5. The minimum atomic E-state index is -3.79. The molecule has 1 amide bonds. The van der Waals surface area contributed by atoms with Crippen molar-refractivity contribution in [1.29, 1.82) is 0 Å². The Kier molecular flexibility index (Phi) is 8.37. The Bertz CT molecular complexity index is 973. The molecule has 0 atom stereocenters. The molecule has 0 saturated heterocycles. The van der Waals surface area contributed by atoms with Crippen LogP contribution in [0.3, 0.4) is 0 Å². The fourth-order valence-corrected chi connectivity index (χ4v) is 4.55. The van der Waals surface area contributed by atoms with E-state index in [1.54, 1.807) is 13.8 Å². The van der Waals surface area contributed by atoms with Gasteiger partial charge in [-0.1, -0.05) is 45.9 Å². The molecule has 30 heavy (non-hydrogen) atoms. The lowest BCUT2D eigenvalue weighted by atomic mass is 10.0. The highest BCUT2D eigenvalue weighted by molar-refractivity contribution is 7.89. The predicted octanol–water partition coefficient (Wildman–Crippen LogP) is 3.79. The average molecular weight is 437 g/mol. The second kappa shape index (κ2) is 10.5. The van der Waals surface area contributed by atoms with Crippen molar-refractivity contribution in [3.8, 4) is 5.75 Å². The minimum Gasteiger partial charge on any atom is -0.491 e. The van der Waals surface area contributed by atoms with Crippen LogP contribution in [0.5, 0.6) is 5.75 Å². The number of para-hydroxylation sites is 1. The summed E-state index contributed by atoms with van der Waals surface area (Å²) in [6.45, 7) is 8.48. The van der Waals surface area contributed by atoms with E-state index in [2.05, 4.69) is 19.2 Å². The van der Waals surface area contributed by atoms with Crippen LogP contribution in [0, 0.1) is 5.82 Å². The van der Waals surface area contributed by atoms with Crippen LogP contribution in [0.15, 0.2) is 47.4 Å². The zero-order valence-electron chi connectivity index (χ0n) is 17.8. The second-order valence-electron chi connectivity index (χ2n) is 7.03. The summed E-state index contributed by atoms with van der Waals surface area (Å²) in [5, 5.41) is 2.58. The summed E-state index contributed by atoms with van der Waals surface area (Å²) >= 11 is 0. The first-order valence-electron chi connectivity index (χ1n) is 10.0. The molecule has 0 fully saturated rings. The van der Waals surface area contributed by atoms with Gasteiger partial charge in [-0.05, 0) is 35.7 Å². The van der Waals surface area contributed by atoms with Crippen molar-refractivity contribution in [3.05, 3.63) is 59.4 Å². The number of amides is 1. The second-order valence-corrected chi connectivity index (χ2v) is 8.97. The van der Waals surface area contributed by atoms with E-state index in [0.29, 0.717) is 5.92 Å². The van der Waals surface area contributed by atoms with Gasteiger partial charge in [0, 0.05) is 13.1 Å². The molecule has 0 radical (unpaired) electrons. The van der Waals surface area contributed by atoms with Crippen LogP contribution in [0.1, 0.15) is 49.5 Å². The molecule has 2 rings (SSSR count). The van der Waals surface area contributed by atoms with E-state index < -0.39 is 21.7 Å². The molecule has 0 heterocycles. The molecule has 0 aliphatic rings. The lowest BCUT2D eigenvalue weighted by molar-refractivity contribution is 0.0942.